The molecular weight excluding hydrogens is 150 g/mol. The van der Waals surface area contributed by atoms with Gasteiger partial charge < -0.3 is 10.0 Å². The number of rotatable bonds is 0. The number of nitrogens with one attached hydrogen (secondary N) is 1. The molecule has 1 rings (SSSR count). The first-order valence-electron chi connectivity index (χ1n) is 2.92. The maximum Gasteiger partial charge on any atom is 0.434 e. The Balaban J connectivity index is 2.74. The monoisotopic (exact) mass is 157 g/mol. The van der Waals surface area contributed by atoms with E-state index in [4.69, 9.17) is 5.11 Å². The van der Waals surface area contributed by atoms with E-state index in [1.165, 1.54) is 4.90 Å². The molecule has 0 atom stereocenters. The van der Waals surface area contributed by atoms with Crippen molar-refractivity contribution in [3.05, 3.63) is 0 Å². The summed E-state index contributed by atoms with van der Waals surface area (Å²) in [5.74, 6) is -0.157. The lowest BCUT2D eigenvalue weighted by atomic mass is 10.6. The van der Waals surface area contributed by atoms with Gasteiger partial charge in [0, 0.05) is 7.05 Å². The summed E-state index contributed by atoms with van der Waals surface area (Å²) in [4.78, 5) is 25.2. The minimum absolute atomic E-state index is 0.0856. The van der Waals surface area contributed by atoms with Crippen molar-refractivity contribution in [1.29, 1.82) is 0 Å². The van der Waals surface area contributed by atoms with E-state index < -0.39 is 6.09 Å². The highest BCUT2D eigenvalue weighted by Gasteiger charge is 2.21. The predicted octanol–water partition coefficient (Wildman–Crippen LogP) is -0.918. The van der Waals surface area contributed by atoms with Crippen LogP contribution in [0.3, 0.4) is 0 Å². The van der Waals surface area contributed by atoms with Crippen LogP contribution >= 0.6 is 0 Å². The van der Waals surface area contributed by atoms with Gasteiger partial charge in [0.1, 0.15) is 0 Å². The van der Waals surface area contributed by atoms with Crippen molar-refractivity contribution in [3.63, 3.8) is 0 Å². The van der Waals surface area contributed by atoms with Gasteiger partial charge in [0.2, 0.25) is 11.9 Å². The summed E-state index contributed by atoms with van der Waals surface area (Å²) in [5.41, 5.74) is 0. The zero-order valence-electron chi connectivity index (χ0n) is 5.87. The molecule has 0 unspecified atom stereocenters. The topological polar surface area (TPSA) is 82.0 Å². The number of nitrogens with zero attached hydrogens (tertiary/aromatic N) is 2. The average Bonchev–Trinajstić information content (AvgIpc) is 2.09. The summed E-state index contributed by atoms with van der Waals surface area (Å²) in [7, 11) is 1.58. The van der Waals surface area contributed by atoms with Gasteiger partial charge in [0.15, 0.2) is 0 Å². The number of carbonyl (C=O) groups excluding carboxylic acids is 1. The minimum atomic E-state index is -1.31. The molecule has 1 heterocycles. The lowest BCUT2D eigenvalue weighted by Crippen LogP contribution is -2.27. The van der Waals surface area contributed by atoms with Crippen molar-refractivity contribution in [2.75, 3.05) is 13.6 Å². The molecule has 6 heteroatoms. The lowest BCUT2D eigenvalue weighted by molar-refractivity contribution is -0.118. The number of hydrogen-bond donors (Lipinski definition) is 2. The van der Waals surface area contributed by atoms with Crippen molar-refractivity contribution in [2.45, 2.75) is 0 Å². The van der Waals surface area contributed by atoms with Crippen molar-refractivity contribution >= 4 is 18.0 Å². The maximum absolute atomic E-state index is 10.6. The third-order valence-corrected chi connectivity index (χ3v) is 1.20. The van der Waals surface area contributed by atoms with Crippen LogP contribution in [-0.2, 0) is 4.79 Å². The van der Waals surface area contributed by atoms with Crippen molar-refractivity contribution < 1.29 is 14.7 Å². The number of aliphatic imine (C=N–C) groups is 1. The van der Waals surface area contributed by atoms with Crippen LogP contribution in [-0.4, -0.2) is 41.6 Å². The number of guanidine groups is 1. The van der Waals surface area contributed by atoms with Crippen LogP contribution in [0.2, 0.25) is 0 Å². The van der Waals surface area contributed by atoms with E-state index in [9.17, 15) is 9.59 Å². The van der Waals surface area contributed by atoms with Crippen molar-refractivity contribution in [2.24, 2.45) is 4.99 Å². The fraction of sp³-hybridized carbons (Fsp3) is 0.400. The Kier molecular flexibility index (Phi) is 1.75. The standard InChI is InChI=1S/C5H7N3O3/c1-8-2-3(9)6-4(8)7-5(10)11/h2H2,1H3,(H,10,11)(H,6,7,9). The molecule has 0 aromatic heterocycles. The smallest absolute Gasteiger partial charge is 0.434 e. The Hall–Kier alpha value is -1.59. The van der Waals surface area contributed by atoms with E-state index in [2.05, 4.69) is 10.3 Å². The third kappa shape index (κ3) is 1.66. The Bertz CT molecular complexity index is 235. The van der Waals surface area contributed by atoms with Crippen LogP contribution in [0.25, 0.3) is 0 Å². The highest BCUT2D eigenvalue weighted by atomic mass is 16.4. The molecule has 11 heavy (non-hydrogen) atoms. The molecule has 0 spiro atoms. The first kappa shape index (κ1) is 7.52. The molecule has 0 saturated carbocycles. The first-order chi connectivity index (χ1) is 5.09. The van der Waals surface area contributed by atoms with Gasteiger partial charge >= 0.3 is 6.09 Å². The second kappa shape index (κ2) is 2.57. The SMILES string of the molecule is CN1CC(=O)NC1=NC(=O)O. The summed E-state index contributed by atoms with van der Waals surface area (Å²) in [6, 6.07) is 0. The molecule has 1 aliphatic rings. The van der Waals surface area contributed by atoms with Gasteiger partial charge in [-0.2, -0.15) is 0 Å². The zero-order valence-corrected chi connectivity index (χ0v) is 5.87. The van der Waals surface area contributed by atoms with Crippen LogP contribution in [0, 0.1) is 0 Å². The number of hydrogen-bond acceptors (Lipinski definition) is 2. The Morgan fingerprint density at radius 3 is 2.82 bits per heavy atom. The highest BCUT2D eigenvalue weighted by molar-refractivity contribution is 6.06. The quantitative estimate of drug-likeness (QED) is 0.476. The molecule has 2 amide bonds. The lowest BCUT2D eigenvalue weighted by Gasteiger charge is -2.05. The van der Waals surface area contributed by atoms with Crippen molar-refractivity contribution in [3.8, 4) is 0 Å². The summed E-state index contributed by atoms with van der Waals surface area (Å²) < 4.78 is 0. The van der Waals surface area contributed by atoms with Gasteiger partial charge in [0.25, 0.3) is 0 Å². The fourth-order valence-corrected chi connectivity index (χ4v) is 0.754. The van der Waals surface area contributed by atoms with Gasteiger partial charge in [-0.15, -0.1) is 4.99 Å². The minimum Gasteiger partial charge on any atom is -0.463 e. The number of likely N-dealkylation sites (N-methyl/N-ethyl adjacent to an activating group) is 1. The van der Waals surface area contributed by atoms with E-state index in [-0.39, 0.29) is 18.4 Å². The van der Waals surface area contributed by atoms with Gasteiger partial charge in [-0.25, -0.2) is 4.79 Å². The summed E-state index contributed by atoms with van der Waals surface area (Å²) in [5, 5.41) is 10.5. The normalized spacial score (nSPS) is 20.6. The average molecular weight is 157 g/mol. The molecule has 0 radical (unpaired) electrons. The molecule has 0 aliphatic carbocycles. The summed E-state index contributed by atoms with van der Waals surface area (Å²) in [6.07, 6.45) is -1.31. The van der Waals surface area contributed by atoms with Gasteiger partial charge in [-0.3, -0.25) is 10.1 Å². The second-order valence-corrected chi connectivity index (χ2v) is 2.12. The zero-order chi connectivity index (χ0) is 8.43. The molecule has 1 saturated heterocycles. The van der Waals surface area contributed by atoms with Crippen LogP contribution in [0.4, 0.5) is 4.79 Å². The van der Waals surface area contributed by atoms with Crippen LogP contribution in [0.15, 0.2) is 4.99 Å². The molecule has 1 aliphatic heterocycles. The third-order valence-electron chi connectivity index (χ3n) is 1.20. The van der Waals surface area contributed by atoms with Gasteiger partial charge in [-0.05, 0) is 0 Å². The summed E-state index contributed by atoms with van der Waals surface area (Å²) >= 11 is 0. The molecular formula is C5H7N3O3. The van der Waals surface area contributed by atoms with E-state index in [0.29, 0.717) is 0 Å². The fourth-order valence-electron chi connectivity index (χ4n) is 0.754. The Labute approximate surface area is 62.5 Å². The van der Waals surface area contributed by atoms with Gasteiger partial charge in [-0.1, -0.05) is 0 Å². The Morgan fingerprint density at radius 2 is 2.45 bits per heavy atom. The largest absolute Gasteiger partial charge is 0.463 e. The number of carboxylic acid groups (broad SMARTS) is 1. The van der Waals surface area contributed by atoms with E-state index in [1.54, 1.807) is 7.05 Å². The molecule has 1 fully saturated rings. The van der Waals surface area contributed by atoms with E-state index in [1.807, 2.05) is 0 Å². The van der Waals surface area contributed by atoms with Crippen LogP contribution < -0.4 is 5.32 Å². The van der Waals surface area contributed by atoms with Gasteiger partial charge in [0.05, 0.1) is 6.54 Å². The predicted molar refractivity (Wildman–Crippen MR) is 36.2 cm³/mol. The molecule has 2 N–H and O–H groups in total. The molecule has 0 aromatic carbocycles. The maximum atomic E-state index is 10.6. The highest BCUT2D eigenvalue weighted by Crippen LogP contribution is 1.93. The molecule has 0 aromatic rings. The number of amides is 2. The Morgan fingerprint density at radius 1 is 1.82 bits per heavy atom. The second-order valence-electron chi connectivity index (χ2n) is 2.12. The number of carbonyl (C=O) groups is 2. The van der Waals surface area contributed by atoms with Crippen LogP contribution in [0.1, 0.15) is 0 Å². The molecule has 6 nitrogen and oxygen atoms in total. The van der Waals surface area contributed by atoms with E-state index in [0.717, 1.165) is 0 Å². The first-order valence-corrected chi connectivity index (χ1v) is 2.92. The summed E-state index contributed by atoms with van der Waals surface area (Å²) in [6.45, 7) is 0.159. The van der Waals surface area contributed by atoms with Crippen LogP contribution in [0.5, 0.6) is 0 Å². The molecule has 0 bridgehead atoms. The molecule has 60 valence electrons. The van der Waals surface area contributed by atoms with E-state index >= 15 is 0 Å². The van der Waals surface area contributed by atoms with Crippen molar-refractivity contribution in [1.82, 2.24) is 10.2 Å².